The molecule has 0 aliphatic carbocycles. The summed E-state index contributed by atoms with van der Waals surface area (Å²) in [5, 5.41) is 8.75. The lowest BCUT2D eigenvalue weighted by Crippen LogP contribution is -2.24. The van der Waals surface area contributed by atoms with Crippen LogP contribution < -0.4 is 5.73 Å². The summed E-state index contributed by atoms with van der Waals surface area (Å²) in [5.74, 6) is -0.438. The Kier molecular flexibility index (Phi) is 6.67. The lowest BCUT2D eigenvalue weighted by atomic mass is 10.1. The number of rotatable bonds is 5. The van der Waals surface area contributed by atoms with Gasteiger partial charge in [0.25, 0.3) is 0 Å². The summed E-state index contributed by atoms with van der Waals surface area (Å²) in [6.45, 7) is 2.70. The van der Waals surface area contributed by atoms with Crippen molar-refractivity contribution in [2.45, 2.75) is 32.2 Å². The van der Waals surface area contributed by atoms with Gasteiger partial charge in [0.15, 0.2) is 0 Å². The lowest BCUT2D eigenvalue weighted by molar-refractivity contribution is 0.0433. The quantitative estimate of drug-likeness (QED) is 0.615. The van der Waals surface area contributed by atoms with Gasteiger partial charge in [-0.25, -0.2) is 4.79 Å². The molecule has 1 fully saturated rings. The van der Waals surface area contributed by atoms with E-state index < -0.39 is 5.97 Å². The first-order valence-electron chi connectivity index (χ1n) is 7.70. The molecule has 5 nitrogen and oxygen atoms in total. The second-order valence-corrected chi connectivity index (χ2v) is 6.44. The van der Waals surface area contributed by atoms with E-state index in [1.807, 2.05) is 0 Å². The number of benzene rings is 1. The molecule has 122 valence electrons. The predicted octanol–water partition coefficient (Wildman–Crippen LogP) is 2.56. The van der Waals surface area contributed by atoms with Gasteiger partial charge in [-0.15, -0.1) is 0 Å². The highest BCUT2D eigenvalue weighted by molar-refractivity contribution is 9.10. The van der Waals surface area contributed by atoms with Crippen LogP contribution in [0.4, 0.5) is 5.69 Å². The molecule has 0 unspecified atom stereocenters. The Labute approximate surface area is 139 Å². The Morgan fingerprint density at radius 3 is 2.59 bits per heavy atom. The average Bonchev–Trinajstić information content (AvgIpc) is 2.77. The van der Waals surface area contributed by atoms with E-state index in [2.05, 4.69) is 20.8 Å². The first kappa shape index (κ1) is 17.2. The number of likely N-dealkylation sites (tertiary alicyclic amines) is 1. The zero-order chi connectivity index (χ0) is 15.9. The highest BCUT2D eigenvalue weighted by Gasteiger charge is 2.16. The standard InChI is InChI=1S/C16H23BrN2O3/c17-14-10-12(16(21)22-8-7-20)9-13(15(14)18)11-19-5-3-1-2-4-6-19/h9-10,20H,1-8,11,18H2. The Balaban J connectivity index is 2.15. The number of halogens is 1. The number of hydrogen-bond donors (Lipinski definition) is 2. The molecule has 1 heterocycles. The number of aliphatic hydroxyl groups excluding tert-OH is 1. The fourth-order valence-corrected chi connectivity index (χ4v) is 3.18. The van der Waals surface area contributed by atoms with E-state index in [1.165, 1.54) is 25.7 Å². The molecule has 1 aliphatic rings. The van der Waals surface area contributed by atoms with Crippen LogP contribution in [0.2, 0.25) is 0 Å². The summed E-state index contributed by atoms with van der Waals surface area (Å²) in [4.78, 5) is 14.3. The predicted molar refractivity (Wildman–Crippen MR) is 89.7 cm³/mol. The lowest BCUT2D eigenvalue weighted by Gasteiger charge is -2.21. The Bertz CT molecular complexity index is 514. The number of anilines is 1. The fourth-order valence-electron chi connectivity index (χ4n) is 2.68. The number of carbonyl (C=O) groups excluding carboxylic acids is 1. The molecule has 2 rings (SSSR count). The van der Waals surface area contributed by atoms with Crippen LogP contribution in [0.1, 0.15) is 41.6 Å². The fraction of sp³-hybridized carbons (Fsp3) is 0.562. The molecule has 22 heavy (non-hydrogen) atoms. The summed E-state index contributed by atoms with van der Waals surface area (Å²) in [6.07, 6.45) is 4.98. The Morgan fingerprint density at radius 1 is 1.27 bits per heavy atom. The summed E-state index contributed by atoms with van der Waals surface area (Å²) in [7, 11) is 0. The van der Waals surface area contributed by atoms with Crippen molar-refractivity contribution in [2.75, 3.05) is 32.0 Å². The van der Waals surface area contributed by atoms with Crippen LogP contribution in [-0.4, -0.2) is 42.3 Å². The number of ether oxygens (including phenoxy) is 1. The molecule has 1 aliphatic heterocycles. The number of nitrogens with zero attached hydrogens (tertiary/aromatic N) is 1. The zero-order valence-corrected chi connectivity index (χ0v) is 14.3. The van der Waals surface area contributed by atoms with Crippen molar-refractivity contribution in [3.8, 4) is 0 Å². The molecule has 0 aromatic heterocycles. The van der Waals surface area contributed by atoms with Gasteiger partial charge in [0.05, 0.1) is 17.9 Å². The van der Waals surface area contributed by atoms with Crippen LogP contribution in [0.5, 0.6) is 0 Å². The van der Waals surface area contributed by atoms with Crippen molar-refractivity contribution in [3.05, 3.63) is 27.7 Å². The topological polar surface area (TPSA) is 75.8 Å². The summed E-state index contributed by atoms with van der Waals surface area (Å²) >= 11 is 3.41. The number of esters is 1. The molecule has 3 N–H and O–H groups in total. The van der Waals surface area contributed by atoms with E-state index in [4.69, 9.17) is 15.6 Å². The average molecular weight is 371 g/mol. The number of aliphatic hydroxyl groups is 1. The maximum atomic E-state index is 12.0. The molecule has 0 amide bonds. The molecular weight excluding hydrogens is 348 g/mol. The minimum absolute atomic E-state index is 0.00227. The van der Waals surface area contributed by atoms with Gasteiger partial charge in [-0.1, -0.05) is 12.8 Å². The third kappa shape index (κ3) is 4.69. The minimum Gasteiger partial charge on any atom is -0.460 e. The van der Waals surface area contributed by atoms with Gasteiger partial charge in [-0.05, 0) is 59.6 Å². The van der Waals surface area contributed by atoms with Crippen LogP contribution in [-0.2, 0) is 11.3 Å². The molecule has 1 aromatic rings. The largest absolute Gasteiger partial charge is 0.460 e. The normalized spacial score (nSPS) is 16.3. The van der Waals surface area contributed by atoms with Crippen LogP contribution in [0.15, 0.2) is 16.6 Å². The second kappa shape index (κ2) is 8.50. The SMILES string of the molecule is Nc1c(Br)cc(C(=O)OCCO)cc1CN1CCCCCC1. The van der Waals surface area contributed by atoms with Crippen LogP contribution in [0.25, 0.3) is 0 Å². The van der Waals surface area contributed by atoms with Gasteiger partial charge in [-0.3, -0.25) is 4.90 Å². The summed E-state index contributed by atoms with van der Waals surface area (Å²) in [5.41, 5.74) is 8.21. The molecule has 0 radical (unpaired) electrons. The first-order valence-corrected chi connectivity index (χ1v) is 8.49. The highest BCUT2D eigenvalue weighted by atomic mass is 79.9. The Morgan fingerprint density at radius 2 is 1.95 bits per heavy atom. The molecule has 0 atom stereocenters. The molecule has 0 spiro atoms. The van der Waals surface area contributed by atoms with Gasteiger partial charge in [0, 0.05) is 11.0 Å². The van der Waals surface area contributed by atoms with Crippen molar-refractivity contribution >= 4 is 27.6 Å². The van der Waals surface area contributed by atoms with Crippen molar-refractivity contribution < 1.29 is 14.6 Å². The minimum atomic E-state index is -0.438. The van der Waals surface area contributed by atoms with E-state index >= 15 is 0 Å². The van der Waals surface area contributed by atoms with E-state index in [9.17, 15) is 4.79 Å². The molecule has 1 saturated heterocycles. The second-order valence-electron chi connectivity index (χ2n) is 5.58. The molecule has 0 bridgehead atoms. The van der Waals surface area contributed by atoms with E-state index in [-0.39, 0.29) is 13.2 Å². The van der Waals surface area contributed by atoms with Crippen molar-refractivity contribution in [3.63, 3.8) is 0 Å². The molecular formula is C16H23BrN2O3. The maximum Gasteiger partial charge on any atom is 0.338 e. The van der Waals surface area contributed by atoms with Gasteiger partial charge in [0.2, 0.25) is 0 Å². The number of carbonyl (C=O) groups is 1. The van der Waals surface area contributed by atoms with Crippen molar-refractivity contribution in [2.24, 2.45) is 0 Å². The summed E-state index contributed by atoms with van der Waals surface area (Å²) < 4.78 is 5.68. The maximum absolute atomic E-state index is 12.0. The zero-order valence-electron chi connectivity index (χ0n) is 12.7. The summed E-state index contributed by atoms with van der Waals surface area (Å²) in [6, 6.07) is 3.46. The van der Waals surface area contributed by atoms with Gasteiger partial charge in [0.1, 0.15) is 6.61 Å². The van der Waals surface area contributed by atoms with Crippen molar-refractivity contribution in [1.82, 2.24) is 4.90 Å². The van der Waals surface area contributed by atoms with Crippen LogP contribution in [0.3, 0.4) is 0 Å². The van der Waals surface area contributed by atoms with E-state index in [1.54, 1.807) is 12.1 Å². The van der Waals surface area contributed by atoms with Crippen molar-refractivity contribution in [1.29, 1.82) is 0 Å². The third-order valence-electron chi connectivity index (χ3n) is 3.87. The van der Waals surface area contributed by atoms with E-state index in [0.29, 0.717) is 15.7 Å². The third-order valence-corrected chi connectivity index (χ3v) is 4.52. The molecule has 1 aromatic carbocycles. The first-order chi connectivity index (χ1) is 10.6. The smallest absolute Gasteiger partial charge is 0.338 e. The van der Waals surface area contributed by atoms with Gasteiger partial charge in [-0.2, -0.15) is 0 Å². The van der Waals surface area contributed by atoms with Crippen LogP contribution >= 0.6 is 15.9 Å². The number of hydrogen-bond acceptors (Lipinski definition) is 5. The van der Waals surface area contributed by atoms with Crippen LogP contribution in [0, 0.1) is 0 Å². The Hall–Kier alpha value is -1.11. The number of nitrogen functional groups attached to an aromatic ring is 1. The molecule has 0 saturated carbocycles. The monoisotopic (exact) mass is 370 g/mol. The molecule has 6 heteroatoms. The van der Waals surface area contributed by atoms with E-state index in [0.717, 1.165) is 25.2 Å². The highest BCUT2D eigenvalue weighted by Crippen LogP contribution is 2.27. The van der Waals surface area contributed by atoms with Gasteiger partial charge < -0.3 is 15.6 Å². The van der Waals surface area contributed by atoms with Gasteiger partial charge >= 0.3 is 5.97 Å². The number of nitrogens with two attached hydrogens (primary N) is 1.